The molecule has 0 radical (unpaired) electrons. The average molecular weight is 491 g/mol. The highest BCUT2D eigenvalue weighted by atomic mass is 32.2. The van der Waals surface area contributed by atoms with Gasteiger partial charge in [-0.25, -0.2) is 0 Å². The van der Waals surface area contributed by atoms with Gasteiger partial charge < -0.3 is 15.0 Å². The van der Waals surface area contributed by atoms with Crippen LogP contribution in [0.2, 0.25) is 0 Å². The summed E-state index contributed by atoms with van der Waals surface area (Å²) in [6, 6.07) is 26.6. The van der Waals surface area contributed by atoms with Crippen LogP contribution in [0.5, 0.6) is 5.75 Å². The van der Waals surface area contributed by atoms with E-state index in [0.717, 1.165) is 16.0 Å². The fraction of sp³-hybridized carbons (Fsp3) is 0.310. The van der Waals surface area contributed by atoms with E-state index >= 15 is 0 Å². The second kappa shape index (κ2) is 12.5. The zero-order valence-electron chi connectivity index (χ0n) is 20.9. The van der Waals surface area contributed by atoms with Crippen molar-refractivity contribution in [3.8, 4) is 5.75 Å². The summed E-state index contributed by atoms with van der Waals surface area (Å²) in [5.41, 5.74) is 1.49. The third kappa shape index (κ3) is 8.48. The molecular formula is C29H34N2O3S. The predicted octanol–water partition coefficient (Wildman–Crippen LogP) is 5.34. The van der Waals surface area contributed by atoms with Crippen LogP contribution in [0, 0.1) is 0 Å². The predicted molar refractivity (Wildman–Crippen MR) is 143 cm³/mol. The molecule has 3 aromatic carbocycles. The summed E-state index contributed by atoms with van der Waals surface area (Å²) in [6.45, 7) is 6.15. The van der Waals surface area contributed by atoms with E-state index in [-0.39, 0.29) is 17.6 Å². The van der Waals surface area contributed by atoms with Gasteiger partial charge in [-0.15, -0.1) is 11.8 Å². The van der Waals surface area contributed by atoms with E-state index in [1.54, 1.807) is 12.0 Å². The molecule has 6 heteroatoms. The maximum Gasteiger partial charge on any atom is 0.243 e. The lowest BCUT2D eigenvalue weighted by Gasteiger charge is -2.34. The molecule has 1 N–H and O–H groups in total. The molecule has 0 saturated carbocycles. The molecule has 0 aliphatic carbocycles. The molecule has 0 aromatic heterocycles. The molecule has 1 unspecified atom stereocenters. The van der Waals surface area contributed by atoms with E-state index < -0.39 is 11.6 Å². The second-order valence-electron chi connectivity index (χ2n) is 9.42. The van der Waals surface area contributed by atoms with Crippen molar-refractivity contribution < 1.29 is 14.3 Å². The number of carbonyl (C=O) groups excluding carboxylic acids is 2. The number of amides is 2. The first-order valence-electron chi connectivity index (χ1n) is 11.7. The van der Waals surface area contributed by atoms with Crippen molar-refractivity contribution >= 4 is 23.6 Å². The van der Waals surface area contributed by atoms with Gasteiger partial charge in [0.2, 0.25) is 11.8 Å². The first-order valence-corrected chi connectivity index (χ1v) is 12.7. The Bertz CT molecular complexity index is 1100. The molecule has 1 atom stereocenters. The third-order valence-corrected chi connectivity index (χ3v) is 6.36. The molecule has 0 fully saturated rings. The molecule has 0 aliphatic heterocycles. The summed E-state index contributed by atoms with van der Waals surface area (Å²) in [5.74, 6) is 0.698. The lowest BCUT2D eigenvalue weighted by Crippen LogP contribution is -2.54. The van der Waals surface area contributed by atoms with Crippen molar-refractivity contribution in [3.63, 3.8) is 0 Å². The van der Waals surface area contributed by atoms with E-state index in [4.69, 9.17) is 4.74 Å². The maximum absolute atomic E-state index is 13.7. The molecule has 0 heterocycles. The van der Waals surface area contributed by atoms with Crippen LogP contribution in [0.15, 0.2) is 89.8 Å². The Kier molecular flexibility index (Phi) is 9.38. The van der Waals surface area contributed by atoms with Crippen molar-refractivity contribution in [2.75, 3.05) is 12.9 Å². The van der Waals surface area contributed by atoms with Gasteiger partial charge in [0.25, 0.3) is 0 Å². The standard InChI is InChI=1S/C29H34N2O3S/c1-29(2,3)30-28(33)26(19-22-12-7-5-8-13-22)31(20-23-14-11-15-24(18-23)34-4)27(32)21-35-25-16-9-6-10-17-25/h5-18,26H,19-21H2,1-4H3,(H,30,33). The molecular weight excluding hydrogens is 456 g/mol. The number of hydrogen-bond donors (Lipinski definition) is 1. The van der Waals surface area contributed by atoms with Crippen LogP contribution >= 0.6 is 11.8 Å². The molecule has 2 amide bonds. The smallest absolute Gasteiger partial charge is 0.243 e. The lowest BCUT2D eigenvalue weighted by molar-refractivity contribution is -0.140. The number of nitrogens with one attached hydrogen (secondary N) is 1. The maximum atomic E-state index is 13.7. The highest BCUT2D eigenvalue weighted by Gasteiger charge is 2.32. The van der Waals surface area contributed by atoms with Crippen LogP contribution in [0.4, 0.5) is 0 Å². The first kappa shape index (κ1) is 26.4. The number of methoxy groups -OCH3 is 1. The van der Waals surface area contributed by atoms with E-state index in [1.807, 2.05) is 106 Å². The largest absolute Gasteiger partial charge is 0.497 e. The number of benzene rings is 3. The van der Waals surface area contributed by atoms with Crippen LogP contribution in [-0.4, -0.2) is 41.2 Å². The normalized spacial score (nSPS) is 12.0. The van der Waals surface area contributed by atoms with Crippen molar-refractivity contribution in [2.24, 2.45) is 0 Å². The lowest BCUT2D eigenvalue weighted by atomic mass is 10.0. The van der Waals surface area contributed by atoms with E-state index in [2.05, 4.69) is 5.32 Å². The molecule has 0 bridgehead atoms. The Morgan fingerprint density at radius 3 is 2.17 bits per heavy atom. The molecule has 0 spiro atoms. The Morgan fingerprint density at radius 1 is 0.914 bits per heavy atom. The highest BCUT2D eigenvalue weighted by molar-refractivity contribution is 8.00. The van der Waals surface area contributed by atoms with Gasteiger partial charge in [-0.05, 0) is 56.2 Å². The SMILES string of the molecule is COc1cccc(CN(C(=O)CSc2ccccc2)C(Cc2ccccc2)C(=O)NC(C)(C)C)c1. The summed E-state index contributed by atoms with van der Waals surface area (Å²) in [5, 5.41) is 3.09. The Hall–Kier alpha value is -3.25. The number of rotatable bonds is 10. The number of thioether (sulfide) groups is 1. The van der Waals surface area contributed by atoms with Crippen LogP contribution in [0.1, 0.15) is 31.9 Å². The molecule has 0 aliphatic rings. The second-order valence-corrected chi connectivity index (χ2v) is 10.5. The fourth-order valence-corrected chi connectivity index (χ4v) is 4.52. The summed E-state index contributed by atoms with van der Waals surface area (Å²) in [6.07, 6.45) is 0.425. The van der Waals surface area contributed by atoms with Gasteiger partial charge in [0, 0.05) is 23.4 Å². The quantitative estimate of drug-likeness (QED) is 0.390. The summed E-state index contributed by atoms with van der Waals surface area (Å²) < 4.78 is 5.38. The molecule has 5 nitrogen and oxygen atoms in total. The van der Waals surface area contributed by atoms with Gasteiger partial charge in [-0.3, -0.25) is 9.59 Å². The monoisotopic (exact) mass is 490 g/mol. The summed E-state index contributed by atoms with van der Waals surface area (Å²) in [4.78, 5) is 30.0. The number of ether oxygens (including phenoxy) is 1. The zero-order chi connectivity index (χ0) is 25.3. The number of nitrogens with zero attached hydrogens (tertiary/aromatic N) is 1. The van der Waals surface area contributed by atoms with Crippen molar-refractivity contribution in [1.29, 1.82) is 0 Å². The average Bonchev–Trinajstić information content (AvgIpc) is 2.85. The van der Waals surface area contributed by atoms with Crippen LogP contribution in [0.3, 0.4) is 0 Å². The fourth-order valence-electron chi connectivity index (χ4n) is 3.72. The third-order valence-electron chi connectivity index (χ3n) is 5.36. The van der Waals surface area contributed by atoms with Crippen LogP contribution < -0.4 is 10.1 Å². The number of hydrogen-bond acceptors (Lipinski definition) is 4. The van der Waals surface area contributed by atoms with Gasteiger partial charge >= 0.3 is 0 Å². The van der Waals surface area contributed by atoms with Gasteiger partial charge in [-0.1, -0.05) is 60.7 Å². The summed E-state index contributed by atoms with van der Waals surface area (Å²) >= 11 is 1.48. The van der Waals surface area contributed by atoms with Gasteiger partial charge in [0.15, 0.2) is 0 Å². The molecule has 184 valence electrons. The van der Waals surface area contributed by atoms with E-state index in [9.17, 15) is 9.59 Å². The Morgan fingerprint density at radius 2 is 1.54 bits per heavy atom. The highest BCUT2D eigenvalue weighted by Crippen LogP contribution is 2.22. The van der Waals surface area contributed by atoms with Gasteiger partial charge in [-0.2, -0.15) is 0 Å². The summed E-state index contributed by atoms with van der Waals surface area (Å²) in [7, 11) is 1.62. The van der Waals surface area contributed by atoms with Gasteiger partial charge in [0.1, 0.15) is 11.8 Å². The molecule has 0 saturated heterocycles. The van der Waals surface area contributed by atoms with Crippen LogP contribution in [0.25, 0.3) is 0 Å². The number of carbonyl (C=O) groups is 2. The van der Waals surface area contributed by atoms with Crippen molar-refractivity contribution in [1.82, 2.24) is 10.2 Å². The minimum Gasteiger partial charge on any atom is -0.497 e. The minimum absolute atomic E-state index is 0.0911. The van der Waals surface area contributed by atoms with Crippen molar-refractivity contribution in [2.45, 2.75) is 50.2 Å². The zero-order valence-corrected chi connectivity index (χ0v) is 21.7. The van der Waals surface area contributed by atoms with E-state index in [1.165, 1.54) is 11.8 Å². The molecule has 35 heavy (non-hydrogen) atoms. The Balaban J connectivity index is 1.94. The Labute approximate surface area is 212 Å². The molecule has 3 aromatic rings. The first-order chi connectivity index (χ1) is 16.7. The van der Waals surface area contributed by atoms with E-state index in [0.29, 0.717) is 18.7 Å². The minimum atomic E-state index is -0.660. The molecule has 3 rings (SSSR count). The van der Waals surface area contributed by atoms with Gasteiger partial charge in [0.05, 0.1) is 12.9 Å². The van der Waals surface area contributed by atoms with Crippen molar-refractivity contribution in [3.05, 3.63) is 96.1 Å². The van der Waals surface area contributed by atoms with Crippen LogP contribution in [-0.2, 0) is 22.6 Å². The topological polar surface area (TPSA) is 58.6 Å².